The summed E-state index contributed by atoms with van der Waals surface area (Å²) in [5.41, 5.74) is 1.44. The Morgan fingerprint density at radius 1 is 0.909 bits per heavy atom. The van der Waals surface area contributed by atoms with Crippen LogP contribution in [0.5, 0.6) is 0 Å². The largest absolute Gasteiger partial charge is 0.345 e. The number of halogens is 1. The van der Waals surface area contributed by atoms with Crippen LogP contribution in [0.15, 0.2) is 47.4 Å². The number of rotatable bonds is 4. The zero-order valence-corrected chi connectivity index (χ0v) is 20.5. The number of hydrogen-bond donors (Lipinski definition) is 0. The Kier molecular flexibility index (Phi) is 6.30. The number of fused-ring (bicyclic) bond motifs is 1. The Morgan fingerprint density at radius 3 is 2.30 bits per heavy atom. The van der Waals surface area contributed by atoms with E-state index in [2.05, 4.69) is 4.90 Å². The Bertz CT molecular complexity index is 1260. The zero-order valence-electron chi connectivity index (χ0n) is 18.1. The number of piperidine rings is 1. The van der Waals surface area contributed by atoms with Crippen molar-refractivity contribution in [3.8, 4) is 0 Å². The molecule has 2 aromatic carbocycles. The average molecular weight is 505 g/mol. The minimum absolute atomic E-state index is 0.0762. The van der Waals surface area contributed by atoms with E-state index in [1.165, 1.54) is 0 Å². The van der Waals surface area contributed by atoms with E-state index in [0.717, 1.165) is 34.6 Å². The number of benzene rings is 2. The summed E-state index contributed by atoms with van der Waals surface area (Å²) in [4.78, 5) is 22.0. The Balaban J connectivity index is 1.23. The highest BCUT2D eigenvalue weighted by Crippen LogP contribution is 2.31. The van der Waals surface area contributed by atoms with Crippen LogP contribution in [0.1, 0.15) is 29.6 Å². The Hall–Kier alpha value is -2.20. The molecule has 1 amide bonds. The molecule has 2 fully saturated rings. The molecule has 3 aromatic rings. The number of nitrogens with zero attached hydrogens (tertiary/aromatic N) is 4. The normalized spacial score (nSPS) is 18.1. The van der Waals surface area contributed by atoms with E-state index in [4.69, 9.17) is 16.6 Å². The van der Waals surface area contributed by atoms with Gasteiger partial charge >= 0.3 is 0 Å². The van der Waals surface area contributed by atoms with Crippen molar-refractivity contribution in [1.29, 1.82) is 0 Å². The third-order valence-electron chi connectivity index (χ3n) is 6.23. The summed E-state index contributed by atoms with van der Waals surface area (Å²) in [5, 5.41) is 1.63. The van der Waals surface area contributed by atoms with Crippen molar-refractivity contribution in [3.05, 3.63) is 53.1 Å². The number of carbonyl (C=O) groups excluding carboxylic acids is 1. The molecule has 0 aliphatic carbocycles. The second kappa shape index (κ2) is 9.21. The summed E-state index contributed by atoms with van der Waals surface area (Å²) in [6, 6.07) is 12.1. The number of hydrogen-bond acceptors (Lipinski definition) is 6. The van der Waals surface area contributed by atoms with Crippen molar-refractivity contribution in [3.63, 3.8) is 0 Å². The van der Waals surface area contributed by atoms with Crippen molar-refractivity contribution in [2.75, 3.05) is 44.2 Å². The number of amides is 1. The topological polar surface area (TPSA) is 73.8 Å². The highest BCUT2D eigenvalue weighted by atomic mass is 35.5. The van der Waals surface area contributed by atoms with Crippen molar-refractivity contribution in [2.24, 2.45) is 0 Å². The molecule has 0 saturated carbocycles. The minimum atomic E-state index is -3.49. The number of piperazine rings is 1. The van der Waals surface area contributed by atoms with Gasteiger partial charge in [0.2, 0.25) is 10.0 Å². The first-order valence-corrected chi connectivity index (χ1v) is 13.8. The molecular formula is C23H25ClN4O3S2. The van der Waals surface area contributed by atoms with Crippen LogP contribution in [0.3, 0.4) is 0 Å². The van der Waals surface area contributed by atoms with Gasteiger partial charge < -0.3 is 9.80 Å². The number of aromatic nitrogens is 1. The van der Waals surface area contributed by atoms with Crippen molar-refractivity contribution < 1.29 is 13.2 Å². The highest BCUT2D eigenvalue weighted by Gasteiger charge is 2.27. The number of thiazole rings is 1. The second-order valence-electron chi connectivity index (χ2n) is 8.38. The molecule has 1 aromatic heterocycles. The van der Waals surface area contributed by atoms with Gasteiger partial charge in [0.25, 0.3) is 5.91 Å². The molecule has 0 N–H and O–H groups in total. The van der Waals surface area contributed by atoms with Gasteiger partial charge in [0.1, 0.15) is 0 Å². The molecule has 0 spiro atoms. The lowest BCUT2D eigenvalue weighted by molar-refractivity contribution is 0.0746. The van der Waals surface area contributed by atoms with Gasteiger partial charge in [-0.1, -0.05) is 29.4 Å². The summed E-state index contributed by atoms with van der Waals surface area (Å²) in [7, 11) is -3.49. The number of anilines is 1. The molecule has 2 saturated heterocycles. The number of carbonyl (C=O) groups is 1. The van der Waals surface area contributed by atoms with E-state index in [9.17, 15) is 13.2 Å². The van der Waals surface area contributed by atoms with Crippen LogP contribution in [0.25, 0.3) is 10.2 Å². The summed E-state index contributed by atoms with van der Waals surface area (Å²) < 4.78 is 28.3. The Labute approximate surface area is 202 Å². The fourth-order valence-electron chi connectivity index (χ4n) is 4.33. The molecule has 174 valence electrons. The first kappa shape index (κ1) is 22.6. The molecule has 3 heterocycles. The monoisotopic (exact) mass is 504 g/mol. The van der Waals surface area contributed by atoms with Crippen molar-refractivity contribution in [1.82, 2.24) is 14.2 Å². The smallest absolute Gasteiger partial charge is 0.253 e. The molecule has 2 aliphatic heterocycles. The fourth-order valence-corrected chi connectivity index (χ4v) is 7.14. The van der Waals surface area contributed by atoms with Gasteiger partial charge in [-0.05, 0) is 55.3 Å². The van der Waals surface area contributed by atoms with E-state index < -0.39 is 10.0 Å². The summed E-state index contributed by atoms with van der Waals surface area (Å²) >= 11 is 7.69. The lowest BCUT2D eigenvalue weighted by Crippen LogP contribution is -2.48. The fraction of sp³-hybridized carbons (Fsp3) is 0.391. The van der Waals surface area contributed by atoms with E-state index >= 15 is 0 Å². The van der Waals surface area contributed by atoms with E-state index in [0.29, 0.717) is 49.9 Å². The predicted molar refractivity (Wildman–Crippen MR) is 132 cm³/mol. The summed E-state index contributed by atoms with van der Waals surface area (Å²) in [6.07, 6.45) is 2.86. The van der Waals surface area contributed by atoms with Crippen molar-refractivity contribution in [2.45, 2.75) is 24.2 Å². The lowest BCUT2D eigenvalue weighted by Gasteiger charge is -2.34. The summed E-state index contributed by atoms with van der Waals surface area (Å²) in [5.74, 6) is -0.0762. The molecule has 0 unspecified atom stereocenters. The maximum Gasteiger partial charge on any atom is 0.253 e. The molecule has 7 nitrogen and oxygen atoms in total. The molecular weight excluding hydrogens is 480 g/mol. The van der Waals surface area contributed by atoms with Gasteiger partial charge in [0.15, 0.2) is 5.13 Å². The molecule has 2 aliphatic rings. The standard InChI is InChI=1S/C23H25ClN4O3S2/c24-18-6-9-20-21(16-18)32-23(25-20)27-14-12-26(13-15-27)22(29)17-4-7-19(8-5-17)33(30,31)28-10-2-1-3-11-28/h4-9,16H,1-3,10-15H2. The Morgan fingerprint density at radius 2 is 1.61 bits per heavy atom. The van der Waals surface area contributed by atoms with Crippen molar-refractivity contribution >= 4 is 54.2 Å². The lowest BCUT2D eigenvalue weighted by atomic mass is 10.2. The van der Waals surface area contributed by atoms with E-state index in [-0.39, 0.29) is 10.8 Å². The first-order chi connectivity index (χ1) is 15.9. The van der Waals surface area contributed by atoms with Crippen LogP contribution in [-0.2, 0) is 10.0 Å². The van der Waals surface area contributed by atoms with Crippen LogP contribution >= 0.6 is 22.9 Å². The average Bonchev–Trinajstić information content (AvgIpc) is 3.27. The molecule has 0 radical (unpaired) electrons. The van der Waals surface area contributed by atoms with Gasteiger partial charge in [0, 0.05) is 49.9 Å². The van der Waals surface area contributed by atoms with Crippen LogP contribution in [-0.4, -0.2) is 67.8 Å². The van der Waals surface area contributed by atoms with Gasteiger partial charge in [-0.25, -0.2) is 13.4 Å². The third-order valence-corrected chi connectivity index (χ3v) is 9.46. The van der Waals surface area contributed by atoms with Crippen LogP contribution in [0.2, 0.25) is 5.02 Å². The van der Waals surface area contributed by atoms with Crippen LogP contribution < -0.4 is 4.90 Å². The maximum absolute atomic E-state index is 13.0. The van der Waals surface area contributed by atoms with E-state index in [1.807, 2.05) is 23.1 Å². The molecule has 33 heavy (non-hydrogen) atoms. The molecule has 5 rings (SSSR count). The SMILES string of the molecule is O=C(c1ccc(S(=O)(=O)N2CCCCC2)cc1)N1CCN(c2nc3ccc(Cl)cc3s2)CC1. The predicted octanol–water partition coefficient (Wildman–Crippen LogP) is 4.09. The first-order valence-electron chi connectivity index (χ1n) is 11.1. The zero-order chi connectivity index (χ0) is 23.0. The van der Waals surface area contributed by atoms with Crippen LogP contribution in [0.4, 0.5) is 5.13 Å². The molecule has 0 bridgehead atoms. The van der Waals surface area contributed by atoms with E-state index in [1.54, 1.807) is 39.9 Å². The quantitative estimate of drug-likeness (QED) is 0.535. The maximum atomic E-state index is 13.0. The van der Waals surface area contributed by atoms with Gasteiger partial charge in [-0.15, -0.1) is 0 Å². The minimum Gasteiger partial charge on any atom is -0.345 e. The van der Waals surface area contributed by atoms with Gasteiger partial charge in [-0.2, -0.15) is 4.31 Å². The summed E-state index contributed by atoms with van der Waals surface area (Å²) in [6.45, 7) is 3.69. The number of sulfonamides is 1. The highest BCUT2D eigenvalue weighted by molar-refractivity contribution is 7.89. The van der Waals surface area contributed by atoms with Gasteiger partial charge in [0.05, 0.1) is 15.1 Å². The van der Waals surface area contributed by atoms with Gasteiger partial charge in [-0.3, -0.25) is 4.79 Å². The second-order valence-corrected chi connectivity index (χ2v) is 11.8. The molecule has 10 heteroatoms. The third kappa shape index (κ3) is 4.59. The van der Waals surface area contributed by atoms with Crippen LogP contribution in [0, 0.1) is 0 Å². The molecule has 0 atom stereocenters.